The molecule has 1 unspecified atom stereocenters. The van der Waals surface area contributed by atoms with E-state index in [1.807, 2.05) is 18.4 Å². The van der Waals surface area contributed by atoms with Gasteiger partial charge in [-0.05, 0) is 39.2 Å². The third-order valence-corrected chi connectivity index (χ3v) is 5.15. The first-order chi connectivity index (χ1) is 13.1. The van der Waals surface area contributed by atoms with Gasteiger partial charge >= 0.3 is 0 Å². The van der Waals surface area contributed by atoms with Gasteiger partial charge in [-0.3, -0.25) is 0 Å². The molecule has 5 nitrogen and oxygen atoms in total. The molecular weight excluding hydrogens is 362 g/mol. The summed E-state index contributed by atoms with van der Waals surface area (Å²) in [5, 5.41) is 3.21. The first-order valence-electron chi connectivity index (χ1n) is 9.22. The Morgan fingerprint density at radius 3 is 3.07 bits per heavy atom. The van der Waals surface area contributed by atoms with Crippen LogP contribution in [0.15, 0.2) is 75.3 Å². The maximum absolute atomic E-state index is 6.57. The summed E-state index contributed by atoms with van der Waals surface area (Å²) < 4.78 is 11.7. The summed E-state index contributed by atoms with van der Waals surface area (Å²) in [4.78, 5) is 6.67. The normalized spacial score (nSPS) is 23.1. The number of halogens is 1. The molecule has 0 fully saturated rings. The predicted molar refractivity (Wildman–Crippen MR) is 109 cm³/mol. The zero-order chi connectivity index (χ0) is 18.8. The minimum absolute atomic E-state index is 0.235. The van der Waals surface area contributed by atoms with Gasteiger partial charge in [-0.15, -0.1) is 11.6 Å². The third-order valence-electron chi connectivity index (χ3n) is 4.77. The van der Waals surface area contributed by atoms with Crippen LogP contribution in [0.25, 0.3) is 0 Å². The molecule has 2 aliphatic heterocycles. The van der Waals surface area contributed by atoms with Gasteiger partial charge in [0.2, 0.25) is 0 Å². The van der Waals surface area contributed by atoms with Crippen LogP contribution in [0.2, 0.25) is 0 Å². The van der Waals surface area contributed by atoms with Gasteiger partial charge in [0.05, 0.1) is 11.1 Å². The average molecular weight is 386 g/mol. The molecule has 0 saturated heterocycles. The Kier molecular flexibility index (Phi) is 5.34. The molecule has 0 aromatic carbocycles. The van der Waals surface area contributed by atoms with E-state index < -0.39 is 0 Å². The van der Waals surface area contributed by atoms with E-state index in [2.05, 4.69) is 47.5 Å². The van der Waals surface area contributed by atoms with Crippen molar-refractivity contribution >= 4 is 17.4 Å². The molecule has 0 radical (unpaired) electrons. The van der Waals surface area contributed by atoms with Crippen LogP contribution in [-0.2, 0) is 9.47 Å². The lowest BCUT2D eigenvalue weighted by Crippen LogP contribution is -2.33. The molecule has 0 amide bonds. The first kappa shape index (κ1) is 18.3. The zero-order valence-electron chi connectivity index (χ0n) is 15.7. The van der Waals surface area contributed by atoms with E-state index >= 15 is 0 Å². The van der Waals surface area contributed by atoms with Crippen molar-refractivity contribution in [3.63, 3.8) is 0 Å². The van der Waals surface area contributed by atoms with Crippen LogP contribution in [0.3, 0.4) is 0 Å². The third kappa shape index (κ3) is 3.81. The molecule has 0 bridgehead atoms. The minimum atomic E-state index is -0.235. The number of fused-ring (bicyclic) bond motifs is 3. The highest BCUT2D eigenvalue weighted by molar-refractivity contribution is 6.24. The van der Waals surface area contributed by atoms with E-state index in [9.17, 15) is 0 Å². The quantitative estimate of drug-likeness (QED) is 0.564. The molecule has 6 heteroatoms. The van der Waals surface area contributed by atoms with Crippen LogP contribution in [0, 0.1) is 0 Å². The summed E-state index contributed by atoms with van der Waals surface area (Å²) in [6, 6.07) is 0. The van der Waals surface area contributed by atoms with E-state index in [-0.39, 0.29) is 5.38 Å². The lowest BCUT2D eigenvalue weighted by atomic mass is 10.0. The van der Waals surface area contributed by atoms with Crippen molar-refractivity contribution in [1.29, 1.82) is 0 Å². The second-order valence-corrected chi connectivity index (χ2v) is 7.57. The van der Waals surface area contributed by atoms with E-state index in [1.165, 1.54) is 0 Å². The Morgan fingerprint density at radius 1 is 1.33 bits per heavy atom. The van der Waals surface area contributed by atoms with Gasteiger partial charge in [0.1, 0.15) is 24.8 Å². The standard InChI is InChI=1S/C21H24ClN3O2/c1-25(2)8-4-9-26-13-19-23-12-17-18(22)7-6-15-16(20(17)24-19)11-14-5-3-10-27-21(14)15/h3,5-7,11-12,18H,4,8-10,13H2,1-2H3,(H,23,24). The number of nitrogens with zero attached hydrogens (tertiary/aromatic N) is 2. The van der Waals surface area contributed by atoms with Crippen LogP contribution in [0.1, 0.15) is 6.42 Å². The second kappa shape index (κ2) is 7.89. The Morgan fingerprint density at radius 2 is 2.22 bits per heavy atom. The van der Waals surface area contributed by atoms with Gasteiger partial charge < -0.3 is 19.7 Å². The molecule has 2 heterocycles. The average Bonchev–Trinajstić information content (AvgIpc) is 2.97. The number of rotatable bonds is 6. The van der Waals surface area contributed by atoms with Gasteiger partial charge in [0.25, 0.3) is 0 Å². The van der Waals surface area contributed by atoms with Crippen LogP contribution in [0.5, 0.6) is 0 Å². The topological polar surface area (TPSA) is 46.1 Å². The van der Waals surface area contributed by atoms with E-state index in [4.69, 9.17) is 21.1 Å². The molecule has 1 N–H and O–H groups in total. The number of aliphatic imine (C=N–C) groups is 1. The van der Waals surface area contributed by atoms with Crippen molar-refractivity contribution in [3.8, 4) is 0 Å². The SMILES string of the molecule is CN(C)CCCOCC1=NC=C2C(=C3C=C4C=CCOC4=C3C=CC2Cl)N1. The Labute approximate surface area is 165 Å². The van der Waals surface area contributed by atoms with Crippen molar-refractivity contribution in [1.82, 2.24) is 10.2 Å². The van der Waals surface area contributed by atoms with Crippen molar-refractivity contribution in [3.05, 3.63) is 70.3 Å². The fourth-order valence-corrected chi connectivity index (χ4v) is 3.68. The molecule has 142 valence electrons. The summed E-state index contributed by atoms with van der Waals surface area (Å²) in [5.41, 5.74) is 5.22. The molecule has 0 saturated carbocycles. The maximum Gasteiger partial charge on any atom is 0.134 e. The molecule has 4 rings (SSSR count). The lowest BCUT2D eigenvalue weighted by molar-refractivity contribution is 0.159. The molecule has 27 heavy (non-hydrogen) atoms. The van der Waals surface area contributed by atoms with Crippen LogP contribution in [-0.4, -0.2) is 56.6 Å². The number of ether oxygens (including phenoxy) is 2. The largest absolute Gasteiger partial charge is 0.488 e. The van der Waals surface area contributed by atoms with Gasteiger partial charge in [-0.2, -0.15) is 0 Å². The number of alkyl halides is 1. The predicted octanol–water partition coefficient (Wildman–Crippen LogP) is 3.05. The summed E-state index contributed by atoms with van der Waals surface area (Å²) in [7, 11) is 4.13. The molecule has 1 atom stereocenters. The fraction of sp³-hybridized carbons (Fsp3) is 0.381. The lowest BCUT2D eigenvalue weighted by Gasteiger charge is -2.22. The molecule has 0 aromatic heterocycles. The zero-order valence-corrected chi connectivity index (χ0v) is 16.4. The highest BCUT2D eigenvalue weighted by atomic mass is 35.5. The molecular formula is C21H24ClN3O2. The number of hydrogen-bond acceptors (Lipinski definition) is 5. The van der Waals surface area contributed by atoms with Crippen LogP contribution < -0.4 is 5.32 Å². The number of nitrogens with one attached hydrogen (secondary N) is 1. The highest BCUT2D eigenvalue weighted by Crippen LogP contribution is 2.41. The van der Waals surface area contributed by atoms with E-state index in [0.29, 0.717) is 19.8 Å². The van der Waals surface area contributed by atoms with Crippen LogP contribution >= 0.6 is 11.6 Å². The second-order valence-electron chi connectivity index (χ2n) is 7.10. The van der Waals surface area contributed by atoms with Crippen molar-refractivity contribution in [2.24, 2.45) is 4.99 Å². The maximum atomic E-state index is 6.57. The highest BCUT2D eigenvalue weighted by Gasteiger charge is 2.31. The van der Waals surface area contributed by atoms with Crippen LogP contribution in [0.4, 0.5) is 0 Å². The Bertz CT molecular complexity index is 843. The Hall–Kier alpha value is -2.08. The van der Waals surface area contributed by atoms with Gasteiger partial charge in [0.15, 0.2) is 0 Å². The van der Waals surface area contributed by atoms with E-state index in [0.717, 1.165) is 52.5 Å². The van der Waals surface area contributed by atoms with Gasteiger partial charge in [-0.25, -0.2) is 4.99 Å². The summed E-state index contributed by atoms with van der Waals surface area (Å²) >= 11 is 6.57. The number of allylic oxidation sites excluding steroid dienone is 7. The van der Waals surface area contributed by atoms with E-state index in [1.54, 1.807) is 0 Å². The number of hydrogen-bond donors (Lipinski definition) is 1. The summed E-state index contributed by atoms with van der Waals surface area (Å²) in [6.07, 6.45) is 13.2. The first-order valence-corrected chi connectivity index (χ1v) is 9.66. The number of amidine groups is 1. The summed E-state index contributed by atoms with van der Waals surface area (Å²) in [5.74, 6) is 1.72. The molecule has 2 aliphatic carbocycles. The van der Waals surface area contributed by atoms with Crippen molar-refractivity contribution in [2.75, 3.05) is 40.5 Å². The van der Waals surface area contributed by atoms with Gasteiger partial charge in [-0.1, -0.05) is 18.2 Å². The monoisotopic (exact) mass is 385 g/mol. The minimum Gasteiger partial charge on any atom is -0.488 e. The summed E-state index contributed by atoms with van der Waals surface area (Å²) in [6.45, 7) is 2.77. The molecule has 0 aromatic rings. The van der Waals surface area contributed by atoms with Gasteiger partial charge in [0, 0.05) is 35.1 Å². The smallest absolute Gasteiger partial charge is 0.134 e. The molecule has 0 spiro atoms. The van der Waals surface area contributed by atoms with Crippen molar-refractivity contribution in [2.45, 2.75) is 11.8 Å². The molecule has 4 aliphatic rings. The van der Waals surface area contributed by atoms with Crippen molar-refractivity contribution < 1.29 is 9.47 Å². The Balaban J connectivity index is 1.54. The fourth-order valence-electron chi connectivity index (χ4n) is 3.44.